The van der Waals surface area contributed by atoms with Gasteiger partial charge in [0, 0.05) is 13.5 Å². The van der Waals surface area contributed by atoms with Gasteiger partial charge in [0.2, 0.25) is 5.78 Å². The Kier molecular flexibility index (Phi) is 8.08. The SMILES string of the molecule is COc1ccc(CCC(=O)OCC(=O)c2c(N)n(Cc3ccccc3)c(=O)n(C)c2=O)cc1OC. The second-order valence-electron chi connectivity index (χ2n) is 7.75. The molecule has 10 heteroatoms. The molecule has 0 amide bonds. The zero-order chi connectivity index (χ0) is 25.5. The molecule has 3 aromatic rings. The number of ether oxygens (including phenoxy) is 3. The van der Waals surface area contributed by atoms with Gasteiger partial charge < -0.3 is 19.9 Å². The van der Waals surface area contributed by atoms with Gasteiger partial charge in [-0.15, -0.1) is 0 Å². The van der Waals surface area contributed by atoms with E-state index in [0.29, 0.717) is 17.9 Å². The van der Waals surface area contributed by atoms with E-state index >= 15 is 0 Å². The van der Waals surface area contributed by atoms with Crippen molar-refractivity contribution in [3.8, 4) is 11.5 Å². The van der Waals surface area contributed by atoms with Gasteiger partial charge in [0.1, 0.15) is 11.4 Å². The molecule has 2 N–H and O–H groups in total. The number of nitrogens with zero attached hydrogens (tertiary/aromatic N) is 2. The third kappa shape index (κ3) is 5.78. The lowest BCUT2D eigenvalue weighted by molar-refractivity contribution is -0.142. The first-order chi connectivity index (χ1) is 16.8. The topological polar surface area (TPSA) is 132 Å². The second-order valence-corrected chi connectivity index (χ2v) is 7.75. The molecule has 2 aromatic carbocycles. The molecular weight excluding hydrogens is 454 g/mol. The summed E-state index contributed by atoms with van der Waals surface area (Å²) < 4.78 is 17.5. The number of hydrogen-bond acceptors (Lipinski definition) is 8. The van der Waals surface area contributed by atoms with Crippen LogP contribution in [0.2, 0.25) is 0 Å². The molecule has 0 aliphatic heterocycles. The summed E-state index contributed by atoms with van der Waals surface area (Å²) >= 11 is 0. The minimum Gasteiger partial charge on any atom is -0.493 e. The number of carbonyl (C=O) groups is 2. The number of aryl methyl sites for hydroxylation is 1. The number of methoxy groups -OCH3 is 2. The molecule has 0 saturated heterocycles. The first-order valence-corrected chi connectivity index (χ1v) is 10.8. The van der Waals surface area contributed by atoms with Crippen molar-refractivity contribution < 1.29 is 23.8 Å². The van der Waals surface area contributed by atoms with Crippen LogP contribution in [0.1, 0.15) is 27.9 Å². The minimum absolute atomic E-state index is 0.00373. The Morgan fingerprint density at radius 2 is 1.63 bits per heavy atom. The molecule has 0 radical (unpaired) electrons. The van der Waals surface area contributed by atoms with Crippen LogP contribution >= 0.6 is 0 Å². The smallest absolute Gasteiger partial charge is 0.332 e. The van der Waals surface area contributed by atoms with Crippen molar-refractivity contribution in [2.24, 2.45) is 7.05 Å². The molecule has 0 aliphatic carbocycles. The van der Waals surface area contributed by atoms with E-state index < -0.39 is 35.2 Å². The number of benzene rings is 2. The van der Waals surface area contributed by atoms with Gasteiger partial charge >= 0.3 is 11.7 Å². The third-order valence-corrected chi connectivity index (χ3v) is 5.48. The third-order valence-electron chi connectivity index (χ3n) is 5.48. The molecular formula is C25H27N3O7. The molecule has 0 atom stereocenters. The number of Topliss-reactive ketones (excluding diaryl/α,β-unsaturated/α-hetero) is 1. The first-order valence-electron chi connectivity index (χ1n) is 10.8. The highest BCUT2D eigenvalue weighted by atomic mass is 16.5. The summed E-state index contributed by atoms with van der Waals surface area (Å²) in [4.78, 5) is 50.2. The van der Waals surface area contributed by atoms with Gasteiger partial charge in [-0.2, -0.15) is 0 Å². The van der Waals surface area contributed by atoms with Crippen molar-refractivity contribution in [3.05, 3.63) is 86.1 Å². The van der Waals surface area contributed by atoms with Crippen LogP contribution in [0.3, 0.4) is 0 Å². The largest absolute Gasteiger partial charge is 0.493 e. The Labute approximate surface area is 201 Å². The molecule has 35 heavy (non-hydrogen) atoms. The van der Waals surface area contributed by atoms with E-state index in [0.717, 1.165) is 20.3 Å². The maximum atomic E-state index is 12.8. The normalized spacial score (nSPS) is 10.6. The fraction of sp³-hybridized carbons (Fsp3) is 0.280. The number of anilines is 1. The molecule has 184 valence electrons. The van der Waals surface area contributed by atoms with Crippen molar-refractivity contribution >= 4 is 17.6 Å². The number of ketones is 1. The highest BCUT2D eigenvalue weighted by Crippen LogP contribution is 2.28. The molecule has 3 rings (SSSR count). The molecule has 0 saturated carbocycles. The highest BCUT2D eigenvalue weighted by Gasteiger charge is 2.22. The van der Waals surface area contributed by atoms with Gasteiger partial charge in [0.15, 0.2) is 18.1 Å². The average Bonchev–Trinajstić information content (AvgIpc) is 2.88. The van der Waals surface area contributed by atoms with Crippen LogP contribution in [0.15, 0.2) is 58.1 Å². The maximum absolute atomic E-state index is 12.8. The van der Waals surface area contributed by atoms with Crippen LogP contribution in [0.4, 0.5) is 5.82 Å². The van der Waals surface area contributed by atoms with E-state index in [-0.39, 0.29) is 18.8 Å². The molecule has 10 nitrogen and oxygen atoms in total. The maximum Gasteiger partial charge on any atom is 0.332 e. The Bertz CT molecular complexity index is 1340. The molecule has 0 aliphatic rings. The number of hydrogen-bond donors (Lipinski definition) is 1. The lowest BCUT2D eigenvalue weighted by Crippen LogP contribution is -2.43. The number of nitrogen functional groups attached to an aromatic ring is 1. The Morgan fingerprint density at radius 1 is 0.943 bits per heavy atom. The average molecular weight is 482 g/mol. The zero-order valence-electron chi connectivity index (χ0n) is 19.8. The van der Waals surface area contributed by atoms with Crippen LogP contribution in [-0.2, 0) is 29.5 Å². The summed E-state index contributed by atoms with van der Waals surface area (Å²) in [6, 6.07) is 14.3. The second kappa shape index (κ2) is 11.2. The Balaban J connectivity index is 1.70. The summed E-state index contributed by atoms with van der Waals surface area (Å²) in [5.74, 6) is -0.582. The number of carbonyl (C=O) groups excluding carboxylic acids is 2. The highest BCUT2D eigenvalue weighted by molar-refractivity contribution is 6.01. The first kappa shape index (κ1) is 25.3. The lowest BCUT2D eigenvalue weighted by Gasteiger charge is -2.15. The summed E-state index contributed by atoms with van der Waals surface area (Å²) in [7, 11) is 4.30. The van der Waals surface area contributed by atoms with Crippen LogP contribution in [-0.4, -0.2) is 41.7 Å². The number of nitrogens with two attached hydrogens (primary N) is 1. The predicted octanol–water partition coefficient (Wildman–Crippen LogP) is 1.55. The summed E-state index contributed by atoms with van der Waals surface area (Å²) in [6.45, 7) is -0.598. The zero-order valence-corrected chi connectivity index (χ0v) is 19.8. The van der Waals surface area contributed by atoms with E-state index in [2.05, 4.69) is 0 Å². The van der Waals surface area contributed by atoms with Crippen LogP contribution in [0, 0.1) is 0 Å². The fourth-order valence-corrected chi connectivity index (χ4v) is 3.54. The van der Waals surface area contributed by atoms with Gasteiger partial charge in [0.05, 0.1) is 20.8 Å². The van der Waals surface area contributed by atoms with Crippen molar-refractivity contribution in [1.82, 2.24) is 9.13 Å². The van der Waals surface area contributed by atoms with E-state index in [1.165, 1.54) is 21.3 Å². The van der Waals surface area contributed by atoms with Crippen molar-refractivity contribution in [1.29, 1.82) is 0 Å². The molecule has 0 fully saturated rings. The molecule has 1 heterocycles. The summed E-state index contributed by atoms with van der Waals surface area (Å²) in [5, 5.41) is 0. The van der Waals surface area contributed by atoms with E-state index in [4.69, 9.17) is 19.9 Å². The van der Waals surface area contributed by atoms with E-state index in [9.17, 15) is 19.2 Å². The van der Waals surface area contributed by atoms with Crippen LogP contribution < -0.4 is 26.5 Å². The fourth-order valence-electron chi connectivity index (χ4n) is 3.54. The number of rotatable bonds is 10. The van der Waals surface area contributed by atoms with E-state index in [1.807, 2.05) is 6.07 Å². The molecule has 1 aromatic heterocycles. The monoisotopic (exact) mass is 481 g/mol. The Hall–Kier alpha value is -4.34. The Morgan fingerprint density at radius 3 is 2.29 bits per heavy atom. The predicted molar refractivity (Wildman–Crippen MR) is 129 cm³/mol. The van der Waals surface area contributed by atoms with Crippen LogP contribution in [0.25, 0.3) is 0 Å². The quantitative estimate of drug-likeness (QED) is 0.341. The van der Waals surface area contributed by atoms with Crippen molar-refractivity contribution in [2.75, 3.05) is 26.6 Å². The summed E-state index contributed by atoms with van der Waals surface area (Å²) in [6.07, 6.45) is 0.350. The van der Waals surface area contributed by atoms with Crippen molar-refractivity contribution in [3.63, 3.8) is 0 Å². The molecule has 0 spiro atoms. The standard InChI is InChI=1S/C25H27N3O7/c1-27-24(31)22(23(26)28(25(27)32)14-17-7-5-4-6-8-17)18(29)15-35-21(30)12-10-16-9-11-19(33-2)20(13-16)34-3/h4-9,11,13H,10,12,14-15,26H2,1-3H3. The summed E-state index contributed by atoms with van der Waals surface area (Å²) in [5.41, 5.74) is 5.75. The van der Waals surface area contributed by atoms with Gasteiger partial charge in [0.25, 0.3) is 5.56 Å². The van der Waals surface area contributed by atoms with Gasteiger partial charge in [-0.3, -0.25) is 23.5 Å². The van der Waals surface area contributed by atoms with Crippen LogP contribution in [0.5, 0.6) is 11.5 Å². The minimum atomic E-state index is -0.844. The number of aromatic nitrogens is 2. The van der Waals surface area contributed by atoms with Gasteiger partial charge in [-0.1, -0.05) is 36.4 Å². The van der Waals surface area contributed by atoms with Gasteiger partial charge in [-0.05, 0) is 29.7 Å². The molecule has 0 unspecified atom stereocenters. The molecule has 0 bridgehead atoms. The van der Waals surface area contributed by atoms with Gasteiger partial charge in [-0.25, -0.2) is 4.79 Å². The number of esters is 1. The van der Waals surface area contributed by atoms with Crippen molar-refractivity contribution in [2.45, 2.75) is 19.4 Å². The lowest BCUT2D eigenvalue weighted by atomic mass is 10.1. The van der Waals surface area contributed by atoms with E-state index in [1.54, 1.807) is 42.5 Å².